The van der Waals surface area contributed by atoms with Crippen molar-refractivity contribution in [1.82, 2.24) is 10.3 Å². The molecule has 1 heterocycles. The second-order valence-corrected chi connectivity index (χ2v) is 7.93. The number of esters is 2. The first kappa shape index (κ1) is 27.5. The highest BCUT2D eigenvalue weighted by atomic mass is 35.5. The lowest BCUT2D eigenvalue weighted by atomic mass is 10.0. The lowest BCUT2D eigenvalue weighted by molar-refractivity contribution is -0.148. The maximum atomic E-state index is 12.5. The van der Waals surface area contributed by atoms with E-state index in [-0.39, 0.29) is 44.2 Å². The fourth-order valence-corrected chi connectivity index (χ4v) is 3.13. The van der Waals surface area contributed by atoms with Crippen molar-refractivity contribution in [3.63, 3.8) is 0 Å². The first-order valence-corrected chi connectivity index (χ1v) is 10.7. The van der Waals surface area contributed by atoms with Crippen LogP contribution < -0.4 is 11.1 Å². The molecule has 32 heavy (non-hydrogen) atoms. The van der Waals surface area contributed by atoms with Crippen molar-refractivity contribution in [2.45, 2.75) is 58.5 Å². The second kappa shape index (κ2) is 13.8. The minimum atomic E-state index is -0.882. The predicted octanol–water partition coefficient (Wildman–Crippen LogP) is 2.88. The lowest BCUT2D eigenvalue weighted by Crippen LogP contribution is -2.44. The zero-order chi connectivity index (χ0) is 22.8. The van der Waals surface area contributed by atoms with E-state index in [0.717, 1.165) is 22.9 Å². The predicted molar refractivity (Wildman–Crippen MR) is 125 cm³/mol. The molecular formula is C23H34ClN3O5. The third-order valence-corrected chi connectivity index (χ3v) is 4.93. The summed E-state index contributed by atoms with van der Waals surface area (Å²) in [5.41, 5.74) is 7.70. The first-order valence-electron chi connectivity index (χ1n) is 10.7. The number of hydrogen-bond acceptors (Lipinski definition) is 6. The highest BCUT2D eigenvalue weighted by Crippen LogP contribution is 2.19. The summed E-state index contributed by atoms with van der Waals surface area (Å²) in [5.74, 6) is -0.970. The average Bonchev–Trinajstić information content (AvgIpc) is 3.14. The molecule has 1 aromatic heterocycles. The van der Waals surface area contributed by atoms with Crippen LogP contribution in [0.25, 0.3) is 10.9 Å². The third-order valence-electron chi connectivity index (χ3n) is 4.93. The van der Waals surface area contributed by atoms with Gasteiger partial charge in [0.05, 0.1) is 13.2 Å². The molecule has 1 amide bonds. The quantitative estimate of drug-likeness (QED) is 0.412. The van der Waals surface area contributed by atoms with Crippen molar-refractivity contribution in [2.24, 2.45) is 11.7 Å². The maximum absolute atomic E-state index is 12.5. The van der Waals surface area contributed by atoms with Crippen LogP contribution in [0.3, 0.4) is 0 Å². The molecule has 0 spiro atoms. The summed E-state index contributed by atoms with van der Waals surface area (Å²) in [4.78, 5) is 40.0. The monoisotopic (exact) mass is 467 g/mol. The number of ether oxygens (including phenoxy) is 2. The van der Waals surface area contributed by atoms with Gasteiger partial charge in [-0.1, -0.05) is 32.0 Å². The Kier molecular flexibility index (Phi) is 11.8. The number of rotatable bonds is 12. The molecule has 178 valence electrons. The van der Waals surface area contributed by atoms with Crippen LogP contribution in [0.2, 0.25) is 0 Å². The molecule has 2 aromatic rings. The van der Waals surface area contributed by atoms with Gasteiger partial charge in [-0.25, -0.2) is 4.79 Å². The highest BCUT2D eigenvalue weighted by molar-refractivity contribution is 5.87. The zero-order valence-corrected chi connectivity index (χ0v) is 19.7. The topological polar surface area (TPSA) is 124 Å². The molecular weight excluding hydrogens is 434 g/mol. The molecule has 0 saturated carbocycles. The number of aromatic nitrogens is 1. The summed E-state index contributed by atoms with van der Waals surface area (Å²) in [6.45, 7) is 6.31. The van der Waals surface area contributed by atoms with E-state index in [2.05, 4.69) is 10.3 Å². The summed E-state index contributed by atoms with van der Waals surface area (Å²) in [5, 5.41) is 3.71. The van der Waals surface area contributed by atoms with E-state index in [1.54, 1.807) is 6.92 Å². The van der Waals surface area contributed by atoms with Gasteiger partial charge in [-0.3, -0.25) is 9.59 Å². The summed E-state index contributed by atoms with van der Waals surface area (Å²) >= 11 is 0. The Labute approximate surface area is 195 Å². The number of nitrogens with one attached hydrogen (secondary N) is 2. The molecule has 9 heteroatoms. The number of aromatic amines is 1. The van der Waals surface area contributed by atoms with Gasteiger partial charge in [0.2, 0.25) is 5.91 Å². The molecule has 2 atom stereocenters. The Morgan fingerprint density at radius 2 is 1.81 bits per heavy atom. The fourth-order valence-electron chi connectivity index (χ4n) is 3.13. The van der Waals surface area contributed by atoms with Gasteiger partial charge in [-0.2, -0.15) is 0 Å². The summed E-state index contributed by atoms with van der Waals surface area (Å²) in [7, 11) is 0. The van der Waals surface area contributed by atoms with Gasteiger partial charge in [-0.15, -0.1) is 12.4 Å². The molecule has 4 N–H and O–H groups in total. The minimum Gasteiger partial charge on any atom is -0.465 e. The van der Waals surface area contributed by atoms with E-state index >= 15 is 0 Å². The largest absolute Gasteiger partial charge is 0.465 e. The normalized spacial score (nSPS) is 12.7. The summed E-state index contributed by atoms with van der Waals surface area (Å²) in [6, 6.07) is 6.02. The first-order chi connectivity index (χ1) is 14.8. The van der Waals surface area contributed by atoms with Gasteiger partial charge >= 0.3 is 11.9 Å². The van der Waals surface area contributed by atoms with Crippen LogP contribution in [0, 0.1) is 5.92 Å². The molecule has 0 aliphatic heterocycles. The number of hydrogen-bond donors (Lipinski definition) is 3. The van der Waals surface area contributed by atoms with Crippen molar-refractivity contribution in [1.29, 1.82) is 0 Å². The Balaban J connectivity index is 0.00000512. The number of carbonyl (C=O) groups is 3. The van der Waals surface area contributed by atoms with Crippen LogP contribution in [-0.4, -0.2) is 48.1 Å². The number of fused-ring (bicyclic) bond motifs is 1. The summed E-state index contributed by atoms with van der Waals surface area (Å²) < 4.78 is 10.3. The molecule has 0 bridgehead atoms. The Bertz CT molecular complexity index is 883. The standard InChI is InChI=1S/C23H33N3O5.ClH/c1-4-30-23(29)20(13-16-14-25-19-8-6-5-7-17(16)19)26-21(27)10-9-18(24)22(28)31-12-11-15(2)3;/h5-8,14-15,18,20,25H,4,9-13,24H2,1-3H3,(H,26,27);1H/t18-,20+;/m1./s1. The van der Waals surface area contributed by atoms with E-state index in [0.29, 0.717) is 12.5 Å². The molecule has 0 unspecified atom stereocenters. The Hall–Kier alpha value is -2.58. The number of para-hydroxylation sites is 1. The van der Waals surface area contributed by atoms with E-state index in [1.165, 1.54) is 0 Å². The van der Waals surface area contributed by atoms with Crippen LogP contribution in [0.1, 0.15) is 45.6 Å². The van der Waals surface area contributed by atoms with Gasteiger partial charge in [0, 0.05) is 29.9 Å². The number of benzene rings is 1. The molecule has 2 rings (SSSR count). The maximum Gasteiger partial charge on any atom is 0.328 e. The average molecular weight is 468 g/mol. The van der Waals surface area contributed by atoms with Crippen LogP contribution in [-0.2, 0) is 30.3 Å². The molecule has 0 fully saturated rings. The van der Waals surface area contributed by atoms with Crippen molar-refractivity contribution < 1.29 is 23.9 Å². The van der Waals surface area contributed by atoms with E-state index in [4.69, 9.17) is 15.2 Å². The van der Waals surface area contributed by atoms with E-state index < -0.39 is 24.0 Å². The smallest absolute Gasteiger partial charge is 0.328 e. The van der Waals surface area contributed by atoms with Crippen LogP contribution in [0.15, 0.2) is 30.5 Å². The number of H-pyrrole nitrogens is 1. The molecule has 0 saturated heterocycles. The number of amides is 1. The van der Waals surface area contributed by atoms with Gasteiger partial charge in [0.15, 0.2) is 0 Å². The molecule has 0 aliphatic carbocycles. The fraction of sp³-hybridized carbons (Fsp3) is 0.522. The minimum absolute atomic E-state index is 0. The SMILES string of the molecule is CCOC(=O)[C@H](Cc1c[nH]c2ccccc12)NC(=O)CC[C@@H](N)C(=O)OCCC(C)C.Cl. The highest BCUT2D eigenvalue weighted by Gasteiger charge is 2.25. The Morgan fingerprint density at radius 3 is 2.50 bits per heavy atom. The van der Waals surface area contributed by atoms with Crippen molar-refractivity contribution in [3.8, 4) is 0 Å². The van der Waals surface area contributed by atoms with E-state index in [1.807, 2.05) is 44.3 Å². The third kappa shape index (κ3) is 8.51. The van der Waals surface area contributed by atoms with Gasteiger partial charge < -0.3 is 25.5 Å². The molecule has 0 aliphatic rings. The lowest BCUT2D eigenvalue weighted by Gasteiger charge is -2.18. The van der Waals surface area contributed by atoms with Gasteiger partial charge in [-0.05, 0) is 37.3 Å². The van der Waals surface area contributed by atoms with Crippen LogP contribution >= 0.6 is 12.4 Å². The number of halogens is 1. The van der Waals surface area contributed by atoms with Crippen molar-refractivity contribution in [3.05, 3.63) is 36.0 Å². The van der Waals surface area contributed by atoms with Crippen molar-refractivity contribution >= 4 is 41.2 Å². The second-order valence-electron chi connectivity index (χ2n) is 7.93. The zero-order valence-electron chi connectivity index (χ0n) is 18.9. The van der Waals surface area contributed by atoms with Gasteiger partial charge in [0.1, 0.15) is 12.1 Å². The molecule has 0 radical (unpaired) electrons. The van der Waals surface area contributed by atoms with Crippen LogP contribution in [0.5, 0.6) is 0 Å². The van der Waals surface area contributed by atoms with Crippen LogP contribution in [0.4, 0.5) is 0 Å². The van der Waals surface area contributed by atoms with E-state index in [9.17, 15) is 14.4 Å². The summed E-state index contributed by atoms with van der Waals surface area (Å²) in [6.07, 6.45) is 3.01. The molecule has 1 aromatic carbocycles. The van der Waals surface area contributed by atoms with Gasteiger partial charge in [0.25, 0.3) is 0 Å². The molecule has 8 nitrogen and oxygen atoms in total. The number of nitrogens with two attached hydrogens (primary N) is 1. The van der Waals surface area contributed by atoms with Crippen molar-refractivity contribution in [2.75, 3.05) is 13.2 Å². The number of carbonyl (C=O) groups excluding carboxylic acids is 3. The Morgan fingerprint density at radius 1 is 1.09 bits per heavy atom.